The van der Waals surface area contributed by atoms with Gasteiger partial charge >= 0.3 is 11.7 Å². The second-order valence-electron chi connectivity index (χ2n) is 11.9. The average Bonchev–Trinajstić information content (AvgIpc) is 3.44. The summed E-state index contributed by atoms with van der Waals surface area (Å²) in [6.45, 7) is 8.67. The number of piperazine rings is 1. The first-order chi connectivity index (χ1) is 19.0. The fourth-order valence-electron chi connectivity index (χ4n) is 6.12. The molecule has 2 unspecified atom stereocenters. The lowest BCUT2D eigenvalue weighted by molar-refractivity contribution is -0.137. The highest BCUT2D eigenvalue weighted by Crippen LogP contribution is 2.52. The van der Waals surface area contributed by atoms with Crippen molar-refractivity contribution in [1.29, 1.82) is 0 Å². The number of carbonyl (C=O) groups is 2. The average molecular weight is 552 g/mol. The molecule has 1 aromatic carbocycles. The largest absolute Gasteiger partial charge is 0.354 e. The molecule has 2 aliphatic heterocycles. The van der Waals surface area contributed by atoms with E-state index >= 15 is 0 Å². The molecule has 216 valence electrons. The fraction of sp³-hybridized carbons (Fsp3) is 0.571. The maximum absolute atomic E-state index is 12.7. The Hall–Kier alpha value is -3.32. The van der Waals surface area contributed by atoms with E-state index in [1.807, 2.05) is 24.3 Å². The smallest absolute Gasteiger partial charge is 0.338 e. The summed E-state index contributed by atoms with van der Waals surface area (Å²) < 4.78 is 1.45. The van der Waals surface area contributed by atoms with Gasteiger partial charge in [-0.25, -0.2) is 9.59 Å². The van der Waals surface area contributed by atoms with Crippen LogP contribution in [0.2, 0.25) is 0 Å². The van der Waals surface area contributed by atoms with E-state index in [1.54, 1.807) is 35.9 Å². The molecule has 0 bridgehead atoms. The topological polar surface area (TPSA) is 169 Å². The van der Waals surface area contributed by atoms with Crippen molar-refractivity contribution in [3.8, 4) is 5.69 Å². The van der Waals surface area contributed by atoms with E-state index in [0.717, 1.165) is 26.1 Å². The number of nitrogens with two attached hydrogens (primary N) is 3. The molecule has 2 saturated heterocycles. The standard InChI is InChI=1S/C28H41N9O3/c1-28(2,31)25(38)35-11-13-36(14-12-35)26(39)32-23-8-10-37(27(40)33-23)19-5-3-18(4-6-19)7-9-34-16-20-21(17-34)24(20)22(30)15-29/h3-6,8,10,20-22,24H,7,9,11-17,29-31H2,1-2H3,(H,32,33,39,40)/t20-,21+,22?,24?. The minimum atomic E-state index is -0.947. The Balaban J connectivity index is 1.10. The van der Waals surface area contributed by atoms with E-state index in [-0.39, 0.29) is 23.8 Å². The lowest BCUT2D eigenvalue weighted by Gasteiger charge is -2.37. The normalized spacial score (nSPS) is 23.6. The predicted molar refractivity (Wildman–Crippen MR) is 153 cm³/mol. The third-order valence-electron chi connectivity index (χ3n) is 8.48. The number of hydrogen-bond acceptors (Lipinski definition) is 8. The molecule has 2 aromatic rings. The van der Waals surface area contributed by atoms with Crippen molar-refractivity contribution in [1.82, 2.24) is 24.3 Å². The number of likely N-dealkylation sites (tertiary alicyclic amines) is 1. The summed E-state index contributed by atoms with van der Waals surface area (Å²) in [5.74, 6) is 2.05. The van der Waals surface area contributed by atoms with Gasteiger partial charge in [-0.15, -0.1) is 0 Å². The Morgan fingerprint density at radius 2 is 1.68 bits per heavy atom. The van der Waals surface area contributed by atoms with Crippen molar-refractivity contribution < 1.29 is 9.59 Å². The highest BCUT2D eigenvalue weighted by molar-refractivity contribution is 5.89. The van der Waals surface area contributed by atoms with Gasteiger partial charge in [0.2, 0.25) is 5.91 Å². The Bertz CT molecular complexity index is 1270. The lowest BCUT2D eigenvalue weighted by Crippen LogP contribution is -2.58. The molecule has 1 saturated carbocycles. The summed E-state index contributed by atoms with van der Waals surface area (Å²) >= 11 is 0. The van der Waals surface area contributed by atoms with Crippen LogP contribution in [0.1, 0.15) is 19.4 Å². The summed E-state index contributed by atoms with van der Waals surface area (Å²) in [5.41, 5.74) is 18.3. The number of hydrogen-bond donors (Lipinski definition) is 4. The Labute approximate surface area is 234 Å². The first-order valence-electron chi connectivity index (χ1n) is 14.1. The van der Waals surface area contributed by atoms with Gasteiger partial charge in [-0.05, 0) is 61.8 Å². The predicted octanol–water partition coefficient (Wildman–Crippen LogP) is -0.348. The molecular weight excluding hydrogens is 510 g/mol. The molecule has 0 spiro atoms. The first-order valence-corrected chi connectivity index (χ1v) is 14.1. The minimum Gasteiger partial charge on any atom is -0.338 e. The van der Waals surface area contributed by atoms with Gasteiger partial charge in [-0.1, -0.05) is 12.1 Å². The SMILES string of the molecule is CC(C)(N)C(=O)N1CCN(C(=O)Nc2ccn(-c3ccc(CCN4C[C@@H]5C(C(N)CN)[C@@H]5C4)cc3)c(=O)n2)CC1. The molecular formula is C28H41N9O3. The number of carbonyl (C=O) groups excluding carboxylic acids is 2. The first kappa shape index (κ1) is 28.2. The van der Waals surface area contributed by atoms with Crippen molar-refractivity contribution in [2.75, 3.05) is 57.7 Å². The molecule has 3 heterocycles. The van der Waals surface area contributed by atoms with Gasteiger partial charge in [0.05, 0.1) is 11.2 Å². The molecule has 7 N–H and O–H groups in total. The summed E-state index contributed by atoms with van der Waals surface area (Å²) in [6.07, 6.45) is 2.55. The maximum atomic E-state index is 12.7. The lowest BCUT2D eigenvalue weighted by atomic mass is 10.1. The van der Waals surface area contributed by atoms with Crippen LogP contribution < -0.4 is 28.2 Å². The second-order valence-corrected chi connectivity index (χ2v) is 11.9. The van der Waals surface area contributed by atoms with E-state index in [9.17, 15) is 14.4 Å². The van der Waals surface area contributed by atoms with E-state index in [2.05, 4.69) is 15.2 Å². The van der Waals surface area contributed by atoms with E-state index in [1.165, 1.54) is 10.1 Å². The molecule has 3 fully saturated rings. The zero-order chi connectivity index (χ0) is 28.6. The van der Waals surface area contributed by atoms with Gasteiger partial charge in [0.15, 0.2) is 0 Å². The Morgan fingerprint density at radius 1 is 1.05 bits per heavy atom. The van der Waals surface area contributed by atoms with Crippen molar-refractivity contribution in [2.24, 2.45) is 35.0 Å². The molecule has 1 aromatic heterocycles. The molecule has 4 atom stereocenters. The zero-order valence-electron chi connectivity index (χ0n) is 23.3. The molecule has 3 amide bonds. The molecule has 0 radical (unpaired) electrons. The summed E-state index contributed by atoms with van der Waals surface area (Å²) in [5, 5.41) is 2.69. The summed E-state index contributed by atoms with van der Waals surface area (Å²) in [4.78, 5) is 47.6. The van der Waals surface area contributed by atoms with Crippen LogP contribution in [0.25, 0.3) is 5.69 Å². The van der Waals surface area contributed by atoms with Crippen LogP contribution in [0.5, 0.6) is 0 Å². The third-order valence-corrected chi connectivity index (χ3v) is 8.48. The number of piperidine rings is 1. The third kappa shape index (κ3) is 6.04. The number of nitrogens with one attached hydrogen (secondary N) is 1. The Morgan fingerprint density at radius 3 is 2.25 bits per heavy atom. The number of benzene rings is 1. The quantitative estimate of drug-likeness (QED) is 0.345. The number of urea groups is 1. The van der Waals surface area contributed by atoms with Gasteiger partial charge in [0.25, 0.3) is 0 Å². The maximum Gasteiger partial charge on any atom is 0.354 e. The highest BCUT2D eigenvalue weighted by Gasteiger charge is 2.57. The van der Waals surface area contributed by atoms with Crippen LogP contribution in [-0.4, -0.2) is 100 Å². The number of rotatable bonds is 8. The van der Waals surface area contributed by atoms with Gasteiger partial charge in [-0.2, -0.15) is 4.98 Å². The number of fused-ring (bicyclic) bond motifs is 1. The molecule has 3 aliphatic rings. The second kappa shape index (κ2) is 11.3. The minimum absolute atomic E-state index is 0.136. The van der Waals surface area contributed by atoms with Crippen LogP contribution in [-0.2, 0) is 11.2 Å². The highest BCUT2D eigenvalue weighted by atomic mass is 16.2. The van der Waals surface area contributed by atoms with Gasteiger partial charge < -0.3 is 31.9 Å². The van der Waals surface area contributed by atoms with Crippen LogP contribution in [0.3, 0.4) is 0 Å². The number of nitrogens with zero attached hydrogens (tertiary/aromatic N) is 5. The van der Waals surface area contributed by atoms with E-state index in [4.69, 9.17) is 17.2 Å². The fourth-order valence-corrected chi connectivity index (χ4v) is 6.12. The van der Waals surface area contributed by atoms with Gasteiger partial charge in [0.1, 0.15) is 5.82 Å². The molecule has 5 rings (SSSR count). The van der Waals surface area contributed by atoms with Gasteiger partial charge in [0, 0.05) is 64.6 Å². The van der Waals surface area contributed by atoms with Crippen LogP contribution in [0.15, 0.2) is 41.3 Å². The number of aromatic nitrogens is 2. The summed E-state index contributed by atoms with van der Waals surface area (Å²) in [7, 11) is 0. The molecule has 40 heavy (non-hydrogen) atoms. The molecule has 1 aliphatic carbocycles. The van der Waals surface area contributed by atoms with Crippen LogP contribution >= 0.6 is 0 Å². The van der Waals surface area contributed by atoms with Crippen molar-refractivity contribution in [3.63, 3.8) is 0 Å². The number of amides is 3. The molecule has 12 heteroatoms. The van der Waals surface area contributed by atoms with Crippen LogP contribution in [0.4, 0.5) is 10.6 Å². The zero-order valence-corrected chi connectivity index (χ0v) is 23.3. The van der Waals surface area contributed by atoms with Crippen molar-refractivity contribution in [3.05, 3.63) is 52.6 Å². The number of anilines is 1. The monoisotopic (exact) mass is 551 g/mol. The molecule has 12 nitrogen and oxygen atoms in total. The van der Waals surface area contributed by atoms with Crippen molar-refractivity contribution >= 4 is 17.8 Å². The van der Waals surface area contributed by atoms with Crippen LogP contribution in [0, 0.1) is 17.8 Å². The van der Waals surface area contributed by atoms with Crippen molar-refractivity contribution in [2.45, 2.75) is 31.8 Å². The summed E-state index contributed by atoms with van der Waals surface area (Å²) in [6, 6.07) is 9.29. The van der Waals surface area contributed by atoms with E-state index < -0.39 is 11.2 Å². The van der Waals surface area contributed by atoms with E-state index in [0.29, 0.717) is 56.2 Å². The Kier molecular flexibility index (Phi) is 7.96. The van der Waals surface area contributed by atoms with Gasteiger partial charge in [-0.3, -0.25) is 14.7 Å².